The number of hydrogen-bond acceptors (Lipinski definition) is 5. The molecule has 0 aliphatic carbocycles. The number of benzene rings is 2. The molecule has 0 aliphatic heterocycles. The number of nitrogens with zero attached hydrogens (tertiary/aromatic N) is 2. The Hall–Kier alpha value is -3.33. The summed E-state index contributed by atoms with van der Waals surface area (Å²) in [6.07, 6.45) is -3.20. The molecule has 1 N–H and O–H groups in total. The van der Waals surface area contributed by atoms with Gasteiger partial charge >= 0.3 is 6.36 Å². The number of alkyl halides is 3. The summed E-state index contributed by atoms with van der Waals surface area (Å²) in [7, 11) is 1.76. The molecular formula is C22H22F3N3O3. The van der Waals surface area contributed by atoms with E-state index in [9.17, 15) is 18.0 Å². The van der Waals surface area contributed by atoms with Crippen molar-refractivity contribution in [2.24, 2.45) is 0 Å². The van der Waals surface area contributed by atoms with Crippen molar-refractivity contribution in [1.29, 1.82) is 0 Å². The average Bonchev–Trinajstić information content (AvgIpc) is 3.10. The minimum absolute atomic E-state index is 0.0621. The average molecular weight is 433 g/mol. The lowest BCUT2D eigenvalue weighted by Gasteiger charge is -2.15. The van der Waals surface area contributed by atoms with E-state index in [4.69, 9.17) is 4.42 Å². The van der Waals surface area contributed by atoms with Crippen LogP contribution in [-0.4, -0.2) is 35.7 Å². The van der Waals surface area contributed by atoms with Crippen LogP contribution in [0.25, 0.3) is 11.5 Å². The van der Waals surface area contributed by atoms with E-state index >= 15 is 0 Å². The van der Waals surface area contributed by atoms with Crippen LogP contribution in [-0.2, 0) is 11.3 Å². The second kappa shape index (κ2) is 9.22. The Morgan fingerprint density at radius 1 is 1.16 bits per heavy atom. The third-order valence-corrected chi connectivity index (χ3v) is 4.38. The van der Waals surface area contributed by atoms with Gasteiger partial charge in [0.05, 0.1) is 12.2 Å². The van der Waals surface area contributed by atoms with E-state index in [0.29, 0.717) is 23.8 Å². The zero-order chi connectivity index (χ0) is 22.6. The molecule has 0 saturated carbocycles. The fraction of sp³-hybridized carbons (Fsp3) is 0.273. The zero-order valence-corrected chi connectivity index (χ0v) is 17.3. The van der Waals surface area contributed by atoms with E-state index in [-0.39, 0.29) is 18.2 Å². The van der Waals surface area contributed by atoms with E-state index in [1.807, 2.05) is 26.0 Å². The first kappa shape index (κ1) is 22.4. The Morgan fingerprint density at radius 3 is 2.52 bits per heavy atom. The summed E-state index contributed by atoms with van der Waals surface area (Å²) in [6.45, 7) is 4.46. The first-order valence-corrected chi connectivity index (χ1v) is 9.45. The first-order chi connectivity index (χ1) is 14.6. The lowest BCUT2D eigenvalue weighted by molar-refractivity contribution is -0.274. The monoisotopic (exact) mass is 433 g/mol. The molecule has 3 rings (SSSR count). The number of aromatic nitrogens is 1. The van der Waals surface area contributed by atoms with Crippen LogP contribution in [0.5, 0.6) is 5.75 Å². The Kier molecular flexibility index (Phi) is 6.65. The van der Waals surface area contributed by atoms with Gasteiger partial charge in [0.15, 0.2) is 0 Å². The van der Waals surface area contributed by atoms with Crippen LogP contribution in [0.4, 0.5) is 18.9 Å². The molecule has 31 heavy (non-hydrogen) atoms. The van der Waals surface area contributed by atoms with Gasteiger partial charge in [-0.1, -0.05) is 17.7 Å². The van der Waals surface area contributed by atoms with Crippen molar-refractivity contribution >= 4 is 11.6 Å². The van der Waals surface area contributed by atoms with E-state index in [1.165, 1.54) is 12.1 Å². The summed E-state index contributed by atoms with van der Waals surface area (Å²) >= 11 is 0. The quantitative estimate of drug-likeness (QED) is 0.573. The standard InChI is InChI=1S/C22H22F3N3O3/c1-14-4-9-19(15(2)10-14)21-27-17(13-30-21)11-28(3)12-20(29)26-16-5-7-18(8-6-16)31-22(23,24)25/h4-10,13H,11-12H2,1-3H3,(H,26,29). The highest BCUT2D eigenvalue weighted by Crippen LogP contribution is 2.25. The molecule has 1 aromatic heterocycles. The summed E-state index contributed by atoms with van der Waals surface area (Å²) in [6, 6.07) is 11.0. The maximum absolute atomic E-state index is 12.2. The highest BCUT2D eigenvalue weighted by molar-refractivity contribution is 5.92. The molecule has 6 nitrogen and oxygen atoms in total. The Bertz CT molecular complexity index is 1050. The van der Waals surface area contributed by atoms with Crippen LogP contribution in [0.2, 0.25) is 0 Å². The smallest absolute Gasteiger partial charge is 0.444 e. The van der Waals surface area contributed by atoms with Crippen LogP contribution < -0.4 is 10.1 Å². The number of ether oxygens (including phenoxy) is 1. The van der Waals surface area contributed by atoms with E-state index in [2.05, 4.69) is 21.1 Å². The van der Waals surface area contributed by atoms with Crippen molar-refractivity contribution in [3.63, 3.8) is 0 Å². The molecule has 9 heteroatoms. The van der Waals surface area contributed by atoms with Gasteiger partial charge in [-0.2, -0.15) is 0 Å². The third kappa shape index (κ3) is 6.58. The molecular weight excluding hydrogens is 411 g/mol. The molecule has 0 radical (unpaired) electrons. The van der Waals surface area contributed by atoms with Gasteiger partial charge < -0.3 is 14.5 Å². The summed E-state index contributed by atoms with van der Waals surface area (Å²) in [4.78, 5) is 18.5. The van der Waals surface area contributed by atoms with Crippen LogP contribution in [0.15, 0.2) is 53.1 Å². The van der Waals surface area contributed by atoms with E-state index in [1.54, 1.807) is 18.2 Å². The molecule has 0 spiro atoms. The number of halogens is 3. The van der Waals surface area contributed by atoms with Crippen LogP contribution in [0, 0.1) is 13.8 Å². The molecule has 0 aliphatic rings. The van der Waals surface area contributed by atoms with Crippen molar-refractivity contribution in [2.45, 2.75) is 26.8 Å². The van der Waals surface area contributed by atoms with Gasteiger partial charge in [0, 0.05) is 17.8 Å². The molecule has 0 unspecified atom stereocenters. The number of amides is 1. The number of carbonyl (C=O) groups excluding carboxylic acids is 1. The fourth-order valence-electron chi connectivity index (χ4n) is 3.07. The Morgan fingerprint density at radius 2 is 1.87 bits per heavy atom. The number of anilines is 1. The summed E-state index contributed by atoms with van der Waals surface area (Å²) < 4.78 is 46.0. The van der Waals surface area contributed by atoms with Crippen molar-refractivity contribution in [3.8, 4) is 17.2 Å². The first-order valence-electron chi connectivity index (χ1n) is 9.45. The second-order valence-corrected chi connectivity index (χ2v) is 7.26. The highest BCUT2D eigenvalue weighted by atomic mass is 19.4. The second-order valence-electron chi connectivity index (χ2n) is 7.26. The van der Waals surface area contributed by atoms with E-state index < -0.39 is 6.36 Å². The van der Waals surface area contributed by atoms with Crippen LogP contribution in [0.3, 0.4) is 0 Å². The molecule has 2 aromatic carbocycles. The van der Waals surface area contributed by atoms with Gasteiger partial charge in [0.2, 0.25) is 11.8 Å². The molecule has 0 atom stereocenters. The number of likely N-dealkylation sites (N-methyl/N-ethyl adjacent to an activating group) is 1. The molecule has 0 saturated heterocycles. The lowest BCUT2D eigenvalue weighted by atomic mass is 10.1. The number of rotatable bonds is 7. The lowest BCUT2D eigenvalue weighted by Crippen LogP contribution is -2.29. The minimum atomic E-state index is -4.76. The van der Waals surface area contributed by atoms with Gasteiger partial charge in [-0.25, -0.2) is 4.98 Å². The van der Waals surface area contributed by atoms with Crippen LogP contribution in [0.1, 0.15) is 16.8 Å². The van der Waals surface area contributed by atoms with Gasteiger partial charge in [-0.3, -0.25) is 9.69 Å². The van der Waals surface area contributed by atoms with Crippen molar-refractivity contribution in [2.75, 3.05) is 18.9 Å². The van der Waals surface area contributed by atoms with Gasteiger partial charge in [-0.15, -0.1) is 13.2 Å². The van der Waals surface area contributed by atoms with Crippen molar-refractivity contribution < 1.29 is 27.1 Å². The molecule has 1 heterocycles. The molecule has 1 amide bonds. The number of carbonyl (C=O) groups is 1. The minimum Gasteiger partial charge on any atom is -0.444 e. The predicted molar refractivity (Wildman–Crippen MR) is 110 cm³/mol. The Labute approximate surface area is 177 Å². The van der Waals surface area contributed by atoms with Gasteiger partial charge in [0.1, 0.15) is 12.0 Å². The molecule has 164 valence electrons. The SMILES string of the molecule is Cc1ccc(-c2nc(CN(C)CC(=O)Nc3ccc(OC(F)(F)F)cc3)co2)c(C)c1. The molecule has 3 aromatic rings. The predicted octanol–water partition coefficient (Wildman–Crippen LogP) is 4.93. The summed E-state index contributed by atoms with van der Waals surface area (Å²) in [5.41, 5.74) is 4.18. The maximum Gasteiger partial charge on any atom is 0.573 e. The van der Waals surface area contributed by atoms with Crippen molar-refractivity contribution in [1.82, 2.24) is 9.88 Å². The molecule has 0 fully saturated rings. The number of nitrogens with one attached hydrogen (secondary N) is 1. The van der Waals surface area contributed by atoms with Gasteiger partial charge in [-0.05, 0) is 56.8 Å². The normalized spacial score (nSPS) is 11.6. The highest BCUT2D eigenvalue weighted by Gasteiger charge is 2.31. The Balaban J connectivity index is 1.53. The number of hydrogen-bond donors (Lipinski definition) is 1. The molecule has 0 bridgehead atoms. The maximum atomic E-state index is 12.2. The van der Waals surface area contributed by atoms with Crippen molar-refractivity contribution in [3.05, 3.63) is 65.5 Å². The van der Waals surface area contributed by atoms with Gasteiger partial charge in [0.25, 0.3) is 0 Å². The zero-order valence-electron chi connectivity index (χ0n) is 17.3. The summed E-state index contributed by atoms with van der Waals surface area (Å²) in [5.74, 6) is -0.148. The third-order valence-electron chi connectivity index (χ3n) is 4.38. The largest absolute Gasteiger partial charge is 0.573 e. The number of oxazole rings is 1. The van der Waals surface area contributed by atoms with E-state index in [0.717, 1.165) is 28.8 Å². The summed E-state index contributed by atoms with van der Waals surface area (Å²) in [5, 5.41) is 2.63. The van der Waals surface area contributed by atoms with Crippen LogP contribution >= 0.6 is 0 Å². The topological polar surface area (TPSA) is 67.6 Å². The fourth-order valence-corrected chi connectivity index (χ4v) is 3.07. The number of aryl methyl sites for hydroxylation is 2.